The van der Waals surface area contributed by atoms with E-state index >= 15 is 0 Å². The SMILES string of the molecule is CCOC(=O)[C@H](NC(=O)/C=C/C(=O)OC)C(C)C. The fraction of sp³-hybridized carbons (Fsp3) is 0.583. The van der Waals surface area contributed by atoms with E-state index in [4.69, 9.17) is 4.74 Å². The first-order valence-corrected chi connectivity index (χ1v) is 5.65. The maximum Gasteiger partial charge on any atom is 0.330 e. The summed E-state index contributed by atoms with van der Waals surface area (Å²) < 4.78 is 9.19. The quantitative estimate of drug-likeness (QED) is 0.551. The molecule has 0 rings (SSSR count). The van der Waals surface area contributed by atoms with Crippen molar-refractivity contribution in [1.29, 1.82) is 0 Å². The Morgan fingerprint density at radius 1 is 1.22 bits per heavy atom. The average Bonchev–Trinajstić information content (AvgIpc) is 2.32. The number of rotatable bonds is 6. The van der Waals surface area contributed by atoms with Gasteiger partial charge in [-0.1, -0.05) is 13.8 Å². The third-order valence-electron chi connectivity index (χ3n) is 2.08. The number of hydrogen-bond donors (Lipinski definition) is 1. The van der Waals surface area contributed by atoms with Crippen LogP contribution in [0.25, 0.3) is 0 Å². The molecule has 0 saturated heterocycles. The molecule has 0 bridgehead atoms. The molecule has 0 aliphatic heterocycles. The number of methoxy groups -OCH3 is 1. The number of esters is 2. The molecule has 0 unspecified atom stereocenters. The van der Waals surface area contributed by atoms with Crippen LogP contribution >= 0.6 is 0 Å². The fourth-order valence-electron chi connectivity index (χ4n) is 1.14. The predicted molar refractivity (Wildman–Crippen MR) is 64.6 cm³/mol. The standard InChI is InChI=1S/C12H19NO5/c1-5-18-12(16)11(8(2)3)13-9(14)6-7-10(15)17-4/h6-8,11H,5H2,1-4H3,(H,13,14)/b7-6+/t11-/m1/s1. The van der Waals surface area contributed by atoms with Gasteiger partial charge in [0.15, 0.2) is 0 Å². The molecule has 0 aromatic rings. The van der Waals surface area contributed by atoms with Crippen LogP contribution in [0, 0.1) is 5.92 Å². The van der Waals surface area contributed by atoms with E-state index in [9.17, 15) is 14.4 Å². The van der Waals surface area contributed by atoms with Crippen LogP contribution in [0.15, 0.2) is 12.2 Å². The van der Waals surface area contributed by atoms with Gasteiger partial charge < -0.3 is 14.8 Å². The summed E-state index contributed by atoms with van der Waals surface area (Å²) in [7, 11) is 1.21. The molecular formula is C12H19NO5. The topological polar surface area (TPSA) is 81.7 Å². The van der Waals surface area contributed by atoms with Gasteiger partial charge in [0, 0.05) is 12.2 Å². The van der Waals surface area contributed by atoms with Crippen LogP contribution in [-0.2, 0) is 23.9 Å². The fourth-order valence-corrected chi connectivity index (χ4v) is 1.14. The molecule has 1 N–H and O–H groups in total. The molecule has 0 aromatic heterocycles. The van der Waals surface area contributed by atoms with E-state index in [1.54, 1.807) is 20.8 Å². The molecule has 0 heterocycles. The monoisotopic (exact) mass is 257 g/mol. The molecule has 1 atom stereocenters. The summed E-state index contributed by atoms with van der Waals surface area (Å²) in [4.78, 5) is 33.8. The summed E-state index contributed by atoms with van der Waals surface area (Å²) >= 11 is 0. The van der Waals surface area contributed by atoms with Crippen molar-refractivity contribution in [3.63, 3.8) is 0 Å². The van der Waals surface area contributed by atoms with Crippen molar-refractivity contribution in [2.45, 2.75) is 26.8 Å². The van der Waals surface area contributed by atoms with Crippen molar-refractivity contribution in [2.75, 3.05) is 13.7 Å². The van der Waals surface area contributed by atoms with Gasteiger partial charge in [0.25, 0.3) is 0 Å². The minimum atomic E-state index is -0.736. The van der Waals surface area contributed by atoms with Crippen molar-refractivity contribution < 1.29 is 23.9 Å². The van der Waals surface area contributed by atoms with Gasteiger partial charge in [-0.3, -0.25) is 4.79 Å². The summed E-state index contributed by atoms with van der Waals surface area (Å²) in [6.45, 7) is 5.50. The molecule has 0 aromatic carbocycles. The number of amides is 1. The van der Waals surface area contributed by atoms with Gasteiger partial charge in [-0.2, -0.15) is 0 Å². The lowest BCUT2D eigenvalue weighted by Crippen LogP contribution is -2.44. The molecule has 0 spiro atoms. The maximum atomic E-state index is 11.6. The highest BCUT2D eigenvalue weighted by atomic mass is 16.5. The van der Waals surface area contributed by atoms with E-state index in [1.807, 2.05) is 0 Å². The molecule has 0 radical (unpaired) electrons. The van der Waals surface area contributed by atoms with Gasteiger partial charge >= 0.3 is 11.9 Å². The van der Waals surface area contributed by atoms with Gasteiger partial charge in [0.2, 0.25) is 5.91 Å². The number of nitrogens with one attached hydrogen (secondary N) is 1. The Hall–Kier alpha value is -1.85. The minimum Gasteiger partial charge on any atom is -0.466 e. The maximum absolute atomic E-state index is 11.6. The van der Waals surface area contributed by atoms with Crippen LogP contribution in [0.5, 0.6) is 0 Å². The molecule has 6 nitrogen and oxygen atoms in total. The second-order valence-corrected chi connectivity index (χ2v) is 3.84. The first-order valence-electron chi connectivity index (χ1n) is 5.65. The summed E-state index contributed by atoms with van der Waals surface area (Å²) in [6.07, 6.45) is 2.00. The normalized spacial score (nSPS) is 12.3. The van der Waals surface area contributed by atoms with Gasteiger partial charge in [0.1, 0.15) is 6.04 Å². The number of ether oxygens (including phenoxy) is 2. The molecule has 6 heteroatoms. The van der Waals surface area contributed by atoms with E-state index in [2.05, 4.69) is 10.1 Å². The van der Waals surface area contributed by atoms with Crippen LogP contribution < -0.4 is 5.32 Å². The van der Waals surface area contributed by atoms with Crippen molar-refractivity contribution in [3.05, 3.63) is 12.2 Å². The first kappa shape index (κ1) is 16.1. The largest absolute Gasteiger partial charge is 0.466 e. The van der Waals surface area contributed by atoms with Crippen LogP contribution in [0.2, 0.25) is 0 Å². The molecule has 1 amide bonds. The Morgan fingerprint density at radius 3 is 2.28 bits per heavy atom. The van der Waals surface area contributed by atoms with Gasteiger partial charge in [-0.25, -0.2) is 9.59 Å². The molecule has 102 valence electrons. The predicted octanol–water partition coefficient (Wildman–Crippen LogP) is 0.419. The lowest BCUT2D eigenvalue weighted by atomic mass is 10.0. The highest BCUT2D eigenvalue weighted by Gasteiger charge is 2.24. The number of carbonyl (C=O) groups is 3. The molecule has 0 aliphatic carbocycles. The second-order valence-electron chi connectivity index (χ2n) is 3.84. The number of carbonyl (C=O) groups excluding carboxylic acids is 3. The Balaban J connectivity index is 4.51. The third kappa shape index (κ3) is 6.03. The highest BCUT2D eigenvalue weighted by Crippen LogP contribution is 2.04. The van der Waals surface area contributed by atoms with Crippen molar-refractivity contribution in [3.8, 4) is 0 Å². The zero-order valence-corrected chi connectivity index (χ0v) is 11.1. The Kier molecular flexibility index (Phi) is 7.42. The summed E-state index contributed by atoms with van der Waals surface area (Å²) in [5.41, 5.74) is 0. The molecule has 0 aliphatic rings. The average molecular weight is 257 g/mol. The highest BCUT2D eigenvalue weighted by molar-refractivity contribution is 5.96. The van der Waals surface area contributed by atoms with Gasteiger partial charge in [-0.15, -0.1) is 0 Å². The third-order valence-corrected chi connectivity index (χ3v) is 2.08. The van der Waals surface area contributed by atoms with Crippen molar-refractivity contribution in [1.82, 2.24) is 5.32 Å². The van der Waals surface area contributed by atoms with Crippen LogP contribution in [0.1, 0.15) is 20.8 Å². The van der Waals surface area contributed by atoms with E-state index in [-0.39, 0.29) is 12.5 Å². The molecular weight excluding hydrogens is 238 g/mol. The van der Waals surface area contributed by atoms with Crippen molar-refractivity contribution >= 4 is 17.8 Å². The van der Waals surface area contributed by atoms with E-state index in [1.165, 1.54) is 7.11 Å². The summed E-state index contributed by atoms with van der Waals surface area (Å²) in [5, 5.41) is 2.47. The van der Waals surface area contributed by atoms with E-state index < -0.39 is 23.9 Å². The molecule has 0 fully saturated rings. The van der Waals surface area contributed by atoms with Crippen LogP contribution in [0.4, 0.5) is 0 Å². The van der Waals surface area contributed by atoms with Crippen molar-refractivity contribution in [2.24, 2.45) is 5.92 Å². The Labute approximate surface area is 106 Å². The second kappa shape index (κ2) is 8.27. The van der Waals surface area contributed by atoms with E-state index in [0.29, 0.717) is 0 Å². The zero-order chi connectivity index (χ0) is 14.1. The zero-order valence-electron chi connectivity index (χ0n) is 11.1. The van der Waals surface area contributed by atoms with Crippen LogP contribution in [-0.4, -0.2) is 37.6 Å². The lowest BCUT2D eigenvalue weighted by molar-refractivity contribution is -0.148. The smallest absolute Gasteiger partial charge is 0.330 e. The molecule has 0 saturated carbocycles. The number of hydrogen-bond acceptors (Lipinski definition) is 5. The summed E-state index contributed by atoms with van der Waals surface area (Å²) in [5.74, 6) is -1.79. The Bertz CT molecular complexity index is 335. The van der Waals surface area contributed by atoms with Gasteiger partial charge in [0.05, 0.1) is 13.7 Å². The lowest BCUT2D eigenvalue weighted by Gasteiger charge is -2.19. The first-order chi connectivity index (χ1) is 8.42. The van der Waals surface area contributed by atoms with E-state index in [0.717, 1.165) is 12.2 Å². The van der Waals surface area contributed by atoms with Gasteiger partial charge in [-0.05, 0) is 12.8 Å². The van der Waals surface area contributed by atoms with Crippen LogP contribution in [0.3, 0.4) is 0 Å². The molecule has 18 heavy (non-hydrogen) atoms. The minimum absolute atomic E-state index is 0.112. The summed E-state index contributed by atoms with van der Waals surface area (Å²) in [6, 6.07) is -0.736. The Morgan fingerprint density at radius 2 is 1.83 bits per heavy atom.